The molecule has 1 aromatic rings. The van der Waals surface area contributed by atoms with Gasteiger partial charge in [-0.1, -0.05) is 0 Å². The van der Waals surface area contributed by atoms with Crippen LogP contribution in [0.2, 0.25) is 0 Å². The van der Waals surface area contributed by atoms with Crippen LogP contribution in [0, 0.1) is 6.92 Å². The van der Waals surface area contributed by atoms with E-state index < -0.39 is 17.7 Å². The Labute approximate surface area is 118 Å². The number of carbonyl (C=O) groups is 2. The van der Waals surface area contributed by atoms with Gasteiger partial charge >= 0.3 is 12.1 Å². The predicted molar refractivity (Wildman–Crippen MR) is 75.0 cm³/mol. The van der Waals surface area contributed by atoms with Gasteiger partial charge in [0.2, 0.25) is 0 Å². The summed E-state index contributed by atoms with van der Waals surface area (Å²) in [6.45, 7) is 9.45. The first-order chi connectivity index (χ1) is 9.08. The molecule has 0 aliphatic carbocycles. The topological polar surface area (TPSA) is 80.6 Å². The highest BCUT2D eigenvalue weighted by Crippen LogP contribution is 2.10. The van der Waals surface area contributed by atoms with E-state index in [9.17, 15) is 9.59 Å². The SMILES string of the molecule is Cc1cn(C[C@H](C)NC(=O)OC(C)(C)C)cc1C(=O)O. The molecule has 1 atom stereocenters. The Morgan fingerprint density at radius 1 is 1.40 bits per heavy atom. The molecule has 6 nitrogen and oxygen atoms in total. The van der Waals surface area contributed by atoms with Crippen molar-refractivity contribution in [1.29, 1.82) is 0 Å². The molecule has 112 valence electrons. The molecule has 0 aliphatic rings. The van der Waals surface area contributed by atoms with Crippen LogP contribution >= 0.6 is 0 Å². The van der Waals surface area contributed by atoms with Crippen molar-refractivity contribution in [2.45, 2.75) is 52.8 Å². The number of aryl methyl sites for hydroxylation is 1. The molecule has 0 radical (unpaired) electrons. The molecular weight excluding hydrogens is 260 g/mol. The van der Waals surface area contributed by atoms with E-state index in [0.29, 0.717) is 12.1 Å². The van der Waals surface area contributed by atoms with Crippen LogP contribution in [0.4, 0.5) is 4.79 Å². The van der Waals surface area contributed by atoms with Gasteiger partial charge in [-0.05, 0) is 40.2 Å². The molecule has 0 saturated heterocycles. The van der Waals surface area contributed by atoms with Crippen molar-refractivity contribution in [3.05, 3.63) is 23.5 Å². The van der Waals surface area contributed by atoms with Gasteiger partial charge in [-0.3, -0.25) is 0 Å². The second-order valence-corrected chi connectivity index (χ2v) is 5.90. The number of rotatable bonds is 4. The molecule has 6 heteroatoms. The third-order valence-electron chi connectivity index (χ3n) is 2.56. The number of nitrogens with one attached hydrogen (secondary N) is 1. The summed E-state index contributed by atoms with van der Waals surface area (Å²) >= 11 is 0. The molecule has 1 amide bonds. The second-order valence-electron chi connectivity index (χ2n) is 5.90. The number of aromatic nitrogens is 1. The van der Waals surface area contributed by atoms with Crippen LogP contribution in [0.1, 0.15) is 43.6 Å². The van der Waals surface area contributed by atoms with E-state index in [-0.39, 0.29) is 11.6 Å². The summed E-state index contributed by atoms with van der Waals surface area (Å²) in [5.41, 5.74) is 0.432. The molecule has 1 aromatic heterocycles. The first kappa shape index (κ1) is 16.1. The summed E-state index contributed by atoms with van der Waals surface area (Å²) in [5, 5.41) is 11.7. The molecule has 0 bridgehead atoms. The van der Waals surface area contributed by atoms with Gasteiger partial charge in [-0.15, -0.1) is 0 Å². The molecule has 20 heavy (non-hydrogen) atoms. The Hall–Kier alpha value is -1.98. The number of aromatic carboxylic acids is 1. The van der Waals surface area contributed by atoms with E-state index in [2.05, 4.69) is 5.32 Å². The number of hydrogen-bond donors (Lipinski definition) is 2. The molecule has 1 rings (SSSR count). The molecule has 2 N–H and O–H groups in total. The van der Waals surface area contributed by atoms with Gasteiger partial charge in [0.1, 0.15) is 5.60 Å². The Morgan fingerprint density at radius 3 is 2.45 bits per heavy atom. The number of nitrogens with zero attached hydrogens (tertiary/aromatic N) is 1. The fourth-order valence-electron chi connectivity index (χ4n) is 1.82. The van der Waals surface area contributed by atoms with Gasteiger partial charge in [-0.2, -0.15) is 0 Å². The van der Waals surface area contributed by atoms with Gasteiger partial charge in [0.15, 0.2) is 0 Å². The maximum absolute atomic E-state index is 11.6. The molecule has 0 saturated carbocycles. The average Bonchev–Trinajstić information content (AvgIpc) is 2.55. The first-order valence-electron chi connectivity index (χ1n) is 6.47. The van der Waals surface area contributed by atoms with E-state index in [1.54, 1.807) is 44.7 Å². The summed E-state index contributed by atoms with van der Waals surface area (Å²) in [6, 6.07) is -0.168. The summed E-state index contributed by atoms with van der Waals surface area (Å²) in [6.07, 6.45) is 2.83. The lowest BCUT2D eigenvalue weighted by Crippen LogP contribution is -2.39. The van der Waals surface area contributed by atoms with Gasteiger partial charge in [0.25, 0.3) is 0 Å². The van der Waals surface area contributed by atoms with E-state index in [1.807, 2.05) is 6.92 Å². The minimum atomic E-state index is -0.950. The predicted octanol–water partition coefficient (Wildman–Crippen LogP) is 2.41. The molecule has 0 unspecified atom stereocenters. The largest absolute Gasteiger partial charge is 0.478 e. The Bertz CT molecular complexity index is 500. The van der Waals surface area contributed by atoms with E-state index in [4.69, 9.17) is 9.84 Å². The van der Waals surface area contributed by atoms with Gasteiger partial charge in [-0.25, -0.2) is 9.59 Å². The molecule has 0 fully saturated rings. The maximum atomic E-state index is 11.6. The van der Waals surface area contributed by atoms with Gasteiger partial charge in [0.05, 0.1) is 5.56 Å². The van der Waals surface area contributed by atoms with Crippen molar-refractivity contribution in [3.8, 4) is 0 Å². The van der Waals surface area contributed by atoms with Crippen LogP contribution in [0.3, 0.4) is 0 Å². The summed E-state index contributed by atoms with van der Waals surface area (Å²) in [7, 11) is 0. The molecule has 0 spiro atoms. The van der Waals surface area contributed by atoms with Crippen LogP contribution in [-0.4, -0.2) is 33.4 Å². The van der Waals surface area contributed by atoms with E-state index >= 15 is 0 Å². The lowest BCUT2D eigenvalue weighted by atomic mass is 10.2. The van der Waals surface area contributed by atoms with Crippen molar-refractivity contribution in [3.63, 3.8) is 0 Å². The minimum absolute atomic E-state index is 0.168. The number of hydrogen-bond acceptors (Lipinski definition) is 3. The normalized spacial score (nSPS) is 12.8. The average molecular weight is 282 g/mol. The van der Waals surface area contributed by atoms with Gasteiger partial charge in [0, 0.05) is 25.0 Å². The lowest BCUT2D eigenvalue weighted by molar-refractivity contribution is 0.0503. The van der Waals surface area contributed by atoms with E-state index in [1.165, 1.54) is 0 Å². The van der Waals surface area contributed by atoms with Crippen LogP contribution in [0.25, 0.3) is 0 Å². The molecule has 0 aliphatic heterocycles. The first-order valence-corrected chi connectivity index (χ1v) is 6.47. The zero-order valence-corrected chi connectivity index (χ0v) is 12.6. The fourth-order valence-corrected chi connectivity index (χ4v) is 1.82. The summed E-state index contributed by atoms with van der Waals surface area (Å²) in [5.74, 6) is -0.950. The standard InChI is InChI=1S/C14H22N2O4/c1-9-6-16(8-11(9)12(17)18)7-10(2)15-13(19)20-14(3,4)5/h6,8,10H,7H2,1-5H3,(H,15,19)(H,17,18)/t10-/m0/s1. The second kappa shape index (κ2) is 5.98. The Balaban J connectivity index is 2.58. The number of carboxylic acids is 1. The van der Waals surface area contributed by atoms with Crippen molar-refractivity contribution in [1.82, 2.24) is 9.88 Å². The monoisotopic (exact) mass is 282 g/mol. The highest BCUT2D eigenvalue weighted by molar-refractivity contribution is 5.89. The van der Waals surface area contributed by atoms with Crippen molar-refractivity contribution in [2.75, 3.05) is 0 Å². The van der Waals surface area contributed by atoms with Crippen LogP contribution in [0.5, 0.6) is 0 Å². The van der Waals surface area contributed by atoms with Gasteiger partial charge < -0.3 is 19.7 Å². The lowest BCUT2D eigenvalue weighted by Gasteiger charge is -2.22. The third kappa shape index (κ3) is 4.95. The third-order valence-corrected chi connectivity index (χ3v) is 2.56. The number of amides is 1. The van der Waals surface area contributed by atoms with Crippen LogP contribution in [-0.2, 0) is 11.3 Å². The number of carboxylic acid groups (broad SMARTS) is 1. The number of ether oxygens (including phenoxy) is 1. The smallest absolute Gasteiger partial charge is 0.407 e. The van der Waals surface area contributed by atoms with Crippen LogP contribution < -0.4 is 5.32 Å². The molecule has 0 aromatic carbocycles. The highest BCUT2D eigenvalue weighted by atomic mass is 16.6. The summed E-state index contributed by atoms with van der Waals surface area (Å²) < 4.78 is 6.91. The minimum Gasteiger partial charge on any atom is -0.478 e. The Kier molecular flexibility index (Phi) is 4.81. The quantitative estimate of drug-likeness (QED) is 0.888. The highest BCUT2D eigenvalue weighted by Gasteiger charge is 2.18. The molecule has 1 heterocycles. The van der Waals surface area contributed by atoms with Crippen molar-refractivity contribution < 1.29 is 19.4 Å². The van der Waals surface area contributed by atoms with Crippen molar-refractivity contribution in [2.24, 2.45) is 0 Å². The zero-order chi connectivity index (χ0) is 15.5. The van der Waals surface area contributed by atoms with E-state index in [0.717, 1.165) is 0 Å². The zero-order valence-electron chi connectivity index (χ0n) is 12.6. The summed E-state index contributed by atoms with van der Waals surface area (Å²) in [4.78, 5) is 22.6. The fraction of sp³-hybridized carbons (Fsp3) is 0.571. The number of alkyl carbamates (subject to hydrolysis) is 1. The number of carbonyl (C=O) groups excluding carboxylic acids is 1. The van der Waals surface area contributed by atoms with Crippen LogP contribution in [0.15, 0.2) is 12.4 Å². The maximum Gasteiger partial charge on any atom is 0.407 e. The van der Waals surface area contributed by atoms with Crippen molar-refractivity contribution >= 4 is 12.1 Å². The molecular formula is C14H22N2O4. The Morgan fingerprint density at radius 2 is 2.00 bits per heavy atom.